The molecule has 1 unspecified atom stereocenters. The topological polar surface area (TPSA) is 93.4 Å². The fourth-order valence-corrected chi connectivity index (χ4v) is 1.79. The maximum Gasteiger partial charge on any atom is 0.407 e. The van der Waals surface area contributed by atoms with E-state index < -0.39 is 23.6 Å². The first kappa shape index (κ1) is 18.1. The van der Waals surface area contributed by atoms with Gasteiger partial charge < -0.3 is 21.1 Å². The lowest BCUT2D eigenvalue weighted by atomic mass is 10.1. The molecule has 1 rings (SSSR count). The van der Waals surface area contributed by atoms with Crippen molar-refractivity contribution >= 4 is 29.3 Å². The highest BCUT2D eigenvalue weighted by molar-refractivity contribution is 6.30. The Morgan fingerprint density at radius 2 is 1.86 bits per heavy atom. The van der Waals surface area contributed by atoms with E-state index in [1.54, 1.807) is 45.0 Å². The minimum absolute atomic E-state index is 0.267. The molecule has 0 aliphatic rings. The van der Waals surface area contributed by atoms with Gasteiger partial charge in [-0.15, -0.1) is 0 Å². The zero-order valence-electron chi connectivity index (χ0n) is 13.0. The van der Waals surface area contributed by atoms with Crippen molar-refractivity contribution in [3.63, 3.8) is 0 Å². The molecule has 0 aliphatic carbocycles. The molecule has 0 saturated heterocycles. The first-order valence-electron chi connectivity index (χ1n) is 6.95. The summed E-state index contributed by atoms with van der Waals surface area (Å²) in [4.78, 5) is 23.0. The molecular formula is C15H22ClN3O3. The lowest BCUT2D eigenvalue weighted by Crippen LogP contribution is -2.40. The molecule has 2 amide bonds. The van der Waals surface area contributed by atoms with E-state index in [1.165, 1.54) is 0 Å². The van der Waals surface area contributed by atoms with Crippen LogP contribution in [-0.2, 0) is 9.53 Å². The highest BCUT2D eigenvalue weighted by Crippen LogP contribution is 2.15. The van der Waals surface area contributed by atoms with E-state index in [4.69, 9.17) is 22.1 Å². The quantitative estimate of drug-likeness (QED) is 0.748. The van der Waals surface area contributed by atoms with Crippen molar-refractivity contribution < 1.29 is 14.3 Å². The van der Waals surface area contributed by atoms with Crippen molar-refractivity contribution in [2.75, 3.05) is 11.9 Å². The number of carbonyl (C=O) groups is 2. The van der Waals surface area contributed by atoms with Crippen molar-refractivity contribution in [3.05, 3.63) is 29.3 Å². The van der Waals surface area contributed by atoms with Crippen LogP contribution in [0.1, 0.15) is 27.2 Å². The minimum atomic E-state index is -0.601. The van der Waals surface area contributed by atoms with Crippen molar-refractivity contribution in [1.82, 2.24) is 5.32 Å². The number of nitrogens with one attached hydrogen (secondary N) is 2. The second-order valence-corrected chi connectivity index (χ2v) is 6.26. The molecule has 1 atom stereocenters. The van der Waals surface area contributed by atoms with Crippen LogP contribution < -0.4 is 16.4 Å². The number of ether oxygens (including phenoxy) is 1. The molecule has 6 nitrogen and oxygen atoms in total. The Balaban J connectivity index is 2.46. The Morgan fingerprint density at radius 3 is 2.36 bits per heavy atom. The van der Waals surface area contributed by atoms with E-state index in [1.807, 2.05) is 0 Å². The third-order valence-electron chi connectivity index (χ3n) is 2.63. The summed E-state index contributed by atoms with van der Waals surface area (Å²) in [5, 5.41) is 6.20. The zero-order chi connectivity index (χ0) is 16.8. The number of hydrogen-bond acceptors (Lipinski definition) is 4. The summed E-state index contributed by atoms with van der Waals surface area (Å²) in [5.74, 6) is -0.499. The first-order chi connectivity index (χ1) is 10.2. The van der Waals surface area contributed by atoms with E-state index >= 15 is 0 Å². The van der Waals surface area contributed by atoms with Gasteiger partial charge in [0, 0.05) is 17.3 Å². The van der Waals surface area contributed by atoms with Crippen LogP contribution in [0, 0.1) is 0 Å². The second kappa shape index (κ2) is 7.89. The number of anilines is 1. The van der Waals surface area contributed by atoms with E-state index in [0.29, 0.717) is 11.4 Å². The number of amides is 2. The number of hydrogen-bond donors (Lipinski definition) is 3. The van der Waals surface area contributed by atoms with Gasteiger partial charge in [-0.1, -0.05) is 11.6 Å². The number of alkyl carbamates (subject to hydrolysis) is 1. The predicted molar refractivity (Wildman–Crippen MR) is 86.9 cm³/mol. The normalized spacial score (nSPS) is 12.4. The summed E-state index contributed by atoms with van der Waals surface area (Å²) in [6.45, 7) is 5.60. The largest absolute Gasteiger partial charge is 0.444 e. The van der Waals surface area contributed by atoms with Gasteiger partial charge in [-0.2, -0.15) is 0 Å². The van der Waals surface area contributed by atoms with E-state index in [0.717, 1.165) is 5.69 Å². The van der Waals surface area contributed by atoms with Gasteiger partial charge in [0.15, 0.2) is 0 Å². The molecule has 0 aliphatic heterocycles. The molecule has 0 fully saturated rings. The lowest BCUT2D eigenvalue weighted by Gasteiger charge is -2.21. The van der Waals surface area contributed by atoms with Crippen LogP contribution in [0.5, 0.6) is 0 Å². The van der Waals surface area contributed by atoms with Crippen molar-refractivity contribution in [2.24, 2.45) is 5.73 Å². The number of halogens is 1. The number of rotatable bonds is 6. The summed E-state index contributed by atoms with van der Waals surface area (Å²) >= 11 is 5.80. The summed E-state index contributed by atoms with van der Waals surface area (Å²) in [7, 11) is 0. The molecule has 0 heterocycles. The van der Waals surface area contributed by atoms with Gasteiger partial charge in [-0.25, -0.2) is 4.79 Å². The van der Waals surface area contributed by atoms with Gasteiger partial charge in [0.25, 0.3) is 0 Å². The minimum Gasteiger partial charge on any atom is -0.444 e. The summed E-state index contributed by atoms with van der Waals surface area (Å²) in [5.41, 5.74) is 5.53. The Hall–Kier alpha value is -1.95. The Kier molecular flexibility index (Phi) is 6.49. The monoisotopic (exact) mass is 327 g/mol. The standard InChI is InChI=1S/C15H22ClN3O3/c1-15(2,3)22-14(21)18-9-8-12(13(17)20)19-11-6-4-10(16)5-7-11/h4-7,12,19H,8-9H2,1-3H3,(H2,17,20)(H,18,21). The highest BCUT2D eigenvalue weighted by atomic mass is 35.5. The van der Waals surface area contributed by atoms with Crippen LogP contribution in [0.2, 0.25) is 5.02 Å². The fourth-order valence-electron chi connectivity index (χ4n) is 1.67. The number of benzene rings is 1. The molecule has 0 bridgehead atoms. The third kappa shape index (κ3) is 7.17. The van der Waals surface area contributed by atoms with Crippen molar-refractivity contribution in [2.45, 2.75) is 38.8 Å². The average molecular weight is 328 g/mol. The van der Waals surface area contributed by atoms with Crippen LogP contribution in [0.3, 0.4) is 0 Å². The van der Waals surface area contributed by atoms with Crippen LogP contribution in [0.4, 0.5) is 10.5 Å². The molecule has 0 aromatic heterocycles. The fraction of sp³-hybridized carbons (Fsp3) is 0.467. The predicted octanol–water partition coefficient (Wildman–Crippen LogP) is 2.52. The van der Waals surface area contributed by atoms with Gasteiger partial charge >= 0.3 is 6.09 Å². The SMILES string of the molecule is CC(C)(C)OC(=O)NCCC(Nc1ccc(Cl)cc1)C(N)=O. The molecule has 22 heavy (non-hydrogen) atoms. The summed E-state index contributed by atoms with van der Waals surface area (Å²) in [6.07, 6.45) is -0.181. The lowest BCUT2D eigenvalue weighted by molar-refractivity contribution is -0.118. The molecule has 1 aromatic rings. The molecular weight excluding hydrogens is 306 g/mol. The summed E-state index contributed by atoms with van der Waals surface area (Å²) < 4.78 is 5.11. The Morgan fingerprint density at radius 1 is 1.27 bits per heavy atom. The first-order valence-corrected chi connectivity index (χ1v) is 7.33. The molecule has 0 radical (unpaired) electrons. The average Bonchev–Trinajstić information content (AvgIpc) is 2.37. The maximum atomic E-state index is 11.5. The molecule has 0 saturated carbocycles. The van der Waals surface area contributed by atoms with Gasteiger partial charge in [0.2, 0.25) is 5.91 Å². The second-order valence-electron chi connectivity index (χ2n) is 5.82. The Labute approximate surface area is 135 Å². The molecule has 7 heteroatoms. The highest BCUT2D eigenvalue weighted by Gasteiger charge is 2.18. The van der Waals surface area contributed by atoms with Crippen LogP contribution in [-0.4, -0.2) is 30.2 Å². The molecule has 0 spiro atoms. The number of primary amides is 1. The number of nitrogens with two attached hydrogens (primary N) is 1. The van der Waals surface area contributed by atoms with Crippen LogP contribution >= 0.6 is 11.6 Å². The molecule has 4 N–H and O–H groups in total. The zero-order valence-corrected chi connectivity index (χ0v) is 13.7. The van der Waals surface area contributed by atoms with Gasteiger partial charge in [-0.05, 0) is 51.5 Å². The van der Waals surface area contributed by atoms with Gasteiger partial charge in [-0.3, -0.25) is 4.79 Å². The molecule has 1 aromatic carbocycles. The summed E-state index contributed by atoms with van der Waals surface area (Å²) in [6, 6.07) is 6.32. The number of carbonyl (C=O) groups excluding carboxylic acids is 2. The van der Waals surface area contributed by atoms with Crippen molar-refractivity contribution in [1.29, 1.82) is 0 Å². The van der Waals surface area contributed by atoms with Gasteiger partial charge in [0.05, 0.1) is 0 Å². The maximum absolute atomic E-state index is 11.5. The Bertz CT molecular complexity index is 512. The van der Waals surface area contributed by atoms with Crippen molar-refractivity contribution in [3.8, 4) is 0 Å². The van der Waals surface area contributed by atoms with E-state index in [2.05, 4.69) is 10.6 Å². The van der Waals surface area contributed by atoms with E-state index in [-0.39, 0.29) is 6.54 Å². The van der Waals surface area contributed by atoms with E-state index in [9.17, 15) is 9.59 Å². The van der Waals surface area contributed by atoms with Crippen LogP contribution in [0.25, 0.3) is 0 Å². The smallest absolute Gasteiger partial charge is 0.407 e. The van der Waals surface area contributed by atoms with Gasteiger partial charge in [0.1, 0.15) is 11.6 Å². The third-order valence-corrected chi connectivity index (χ3v) is 2.88. The molecule has 122 valence electrons. The van der Waals surface area contributed by atoms with Crippen LogP contribution in [0.15, 0.2) is 24.3 Å².